The number of guanidine groups is 1. The number of nitrogens with zero attached hydrogens (tertiary/aromatic N) is 3. The second-order valence-corrected chi connectivity index (χ2v) is 5.71. The number of nitrogens with one attached hydrogen (secondary N) is 1. The second kappa shape index (κ2) is 8.47. The van der Waals surface area contributed by atoms with E-state index in [1.807, 2.05) is 20.0 Å². The molecule has 0 aliphatic carbocycles. The first kappa shape index (κ1) is 17.2. The molecule has 1 aromatic carbocycles. The molecule has 126 valence electrons. The fourth-order valence-electron chi connectivity index (χ4n) is 2.61. The zero-order valence-corrected chi connectivity index (χ0v) is 13.7. The Morgan fingerprint density at radius 2 is 2.39 bits per heavy atom. The smallest absolute Gasteiger partial charge is 0.269 e. The second-order valence-electron chi connectivity index (χ2n) is 5.71. The van der Waals surface area contributed by atoms with Crippen LogP contribution in [0.5, 0.6) is 0 Å². The first-order valence-corrected chi connectivity index (χ1v) is 7.90. The predicted octanol–water partition coefficient (Wildman–Crippen LogP) is 2.03. The zero-order chi connectivity index (χ0) is 16.7. The van der Waals surface area contributed by atoms with Crippen LogP contribution in [0.25, 0.3) is 0 Å². The third kappa shape index (κ3) is 5.21. The van der Waals surface area contributed by atoms with Crippen molar-refractivity contribution in [2.24, 2.45) is 10.9 Å². The molecule has 7 heteroatoms. The Morgan fingerprint density at radius 1 is 1.57 bits per heavy atom. The summed E-state index contributed by atoms with van der Waals surface area (Å²) in [5, 5.41) is 14.1. The molecule has 2 rings (SSSR count). The van der Waals surface area contributed by atoms with Crippen LogP contribution >= 0.6 is 0 Å². The van der Waals surface area contributed by atoms with Crippen LogP contribution in [-0.4, -0.2) is 49.1 Å². The van der Waals surface area contributed by atoms with E-state index in [0.29, 0.717) is 12.5 Å². The molecule has 1 aliphatic heterocycles. The van der Waals surface area contributed by atoms with Gasteiger partial charge in [-0.05, 0) is 18.9 Å². The van der Waals surface area contributed by atoms with E-state index in [1.165, 1.54) is 6.07 Å². The Morgan fingerprint density at radius 3 is 3.04 bits per heavy atom. The fraction of sp³-hybridized carbons (Fsp3) is 0.562. The van der Waals surface area contributed by atoms with Gasteiger partial charge in [-0.25, -0.2) is 4.99 Å². The first-order valence-electron chi connectivity index (χ1n) is 7.90. The number of ether oxygens (including phenoxy) is 1. The molecular formula is C16H24N4O3. The molecule has 1 fully saturated rings. The van der Waals surface area contributed by atoms with Crippen molar-refractivity contribution < 1.29 is 9.66 Å². The minimum Gasteiger partial charge on any atom is -0.381 e. The van der Waals surface area contributed by atoms with Crippen LogP contribution < -0.4 is 5.32 Å². The maximum atomic E-state index is 10.8. The summed E-state index contributed by atoms with van der Waals surface area (Å²) in [5.41, 5.74) is 0.923. The molecule has 0 spiro atoms. The third-order valence-corrected chi connectivity index (χ3v) is 3.79. The minimum atomic E-state index is -0.384. The average molecular weight is 320 g/mol. The van der Waals surface area contributed by atoms with E-state index in [0.717, 1.165) is 44.2 Å². The summed E-state index contributed by atoms with van der Waals surface area (Å²) >= 11 is 0. The molecule has 1 N–H and O–H groups in total. The summed E-state index contributed by atoms with van der Waals surface area (Å²) in [5.74, 6) is 1.34. The van der Waals surface area contributed by atoms with Crippen molar-refractivity contribution >= 4 is 11.6 Å². The van der Waals surface area contributed by atoms with E-state index >= 15 is 0 Å². The number of hydrogen-bond acceptors (Lipinski definition) is 4. The average Bonchev–Trinajstić information content (AvgIpc) is 3.04. The predicted molar refractivity (Wildman–Crippen MR) is 89.5 cm³/mol. The standard InChI is InChI=1S/C16H24N4O3/c1-3-17-16(19(2)11-14-7-8-23-12-14)18-10-13-5-4-6-15(9-13)20(21)22/h4-6,9,14H,3,7-8,10-12H2,1-2H3,(H,17,18). The fourth-order valence-corrected chi connectivity index (χ4v) is 2.61. The molecule has 0 amide bonds. The first-order chi connectivity index (χ1) is 11.1. The van der Waals surface area contributed by atoms with Crippen LogP contribution in [0.3, 0.4) is 0 Å². The van der Waals surface area contributed by atoms with Crippen LogP contribution in [0.2, 0.25) is 0 Å². The number of non-ortho nitro benzene ring substituents is 1. The maximum absolute atomic E-state index is 10.8. The molecule has 1 unspecified atom stereocenters. The highest BCUT2D eigenvalue weighted by atomic mass is 16.6. The van der Waals surface area contributed by atoms with Crippen LogP contribution in [0.4, 0.5) is 5.69 Å². The molecule has 1 aliphatic rings. The lowest BCUT2D eigenvalue weighted by Gasteiger charge is -2.24. The summed E-state index contributed by atoms with van der Waals surface area (Å²) < 4.78 is 5.41. The lowest BCUT2D eigenvalue weighted by molar-refractivity contribution is -0.384. The quantitative estimate of drug-likeness (QED) is 0.375. The third-order valence-electron chi connectivity index (χ3n) is 3.79. The number of nitro benzene ring substituents is 1. The number of aliphatic imine (C=N–C) groups is 1. The van der Waals surface area contributed by atoms with Crippen molar-refractivity contribution in [3.63, 3.8) is 0 Å². The highest BCUT2D eigenvalue weighted by molar-refractivity contribution is 5.79. The Kier molecular flexibility index (Phi) is 6.34. The van der Waals surface area contributed by atoms with E-state index in [2.05, 4.69) is 15.2 Å². The van der Waals surface area contributed by atoms with Crippen molar-refractivity contribution in [3.05, 3.63) is 39.9 Å². The van der Waals surface area contributed by atoms with Gasteiger partial charge in [0.15, 0.2) is 5.96 Å². The lowest BCUT2D eigenvalue weighted by atomic mass is 10.1. The van der Waals surface area contributed by atoms with Crippen LogP contribution in [-0.2, 0) is 11.3 Å². The molecule has 23 heavy (non-hydrogen) atoms. The van der Waals surface area contributed by atoms with Gasteiger partial charge in [-0.15, -0.1) is 0 Å². The summed E-state index contributed by atoms with van der Waals surface area (Å²) in [4.78, 5) is 17.1. The van der Waals surface area contributed by atoms with Crippen molar-refractivity contribution in [1.82, 2.24) is 10.2 Å². The Labute approximate surface area is 136 Å². The molecular weight excluding hydrogens is 296 g/mol. The summed E-state index contributed by atoms with van der Waals surface area (Å²) in [7, 11) is 2.01. The van der Waals surface area contributed by atoms with E-state index in [9.17, 15) is 10.1 Å². The van der Waals surface area contributed by atoms with Gasteiger partial charge in [0.05, 0.1) is 18.1 Å². The molecule has 7 nitrogen and oxygen atoms in total. The van der Waals surface area contributed by atoms with Gasteiger partial charge < -0.3 is 15.0 Å². The van der Waals surface area contributed by atoms with Gasteiger partial charge in [-0.3, -0.25) is 10.1 Å². The highest BCUT2D eigenvalue weighted by Crippen LogP contribution is 2.15. The normalized spacial score (nSPS) is 18.0. The Balaban J connectivity index is 2.02. The number of hydrogen-bond donors (Lipinski definition) is 1. The molecule has 0 bridgehead atoms. The number of rotatable bonds is 6. The number of benzene rings is 1. The van der Waals surface area contributed by atoms with Crippen LogP contribution in [0.15, 0.2) is 29.3 Å². The molecule has 1 atom stereocenters. The van der Waals surface area contributed by atoms with Crippen LogP contribution in [0.1, 0.15) is 18.9 Å². The topological polar surface area (TPSA) is 80.0 Å². The van der Waals surface area contributed by atoms with Gasteiger partial charge in [-0.2, -0.15) is 0 Å². The van der Waals surface area contributed by atoms with E-state index in [4.69, 9.17) is 4.74 Å². The van der Waals surface area contributed by atoms with Gasteiger partial charge in [0, 0.05) is 44.8 Å². The lowest BCUT2D eigenvalue weighted by Crippen LogP contribution is -2.41. The number of nitro groups is 1. The van der Waals surface area contributed by atoms with Crippen LogP contribution in [0, 0.1) is 16.0 Å². The van der Waals surface area contributed by atoms with Crippen molar-refractivity contribution in [2.45, 2.75) is 19.9 Å². The molecule has 1 saturated heterocycles. The summed E-state index contributed by atoms with van der Waals surface area (Å²) in [6.45, 7) is 5.74. The minimum absolute atomic E-state index is 0.0964. The van der Waals surface area contributed by atoms with Gasteiger partial charge >= 0.3 is 0 Å². The molecule has 0 saturated carbocycles. The molecule has 0 radical (unpaired) electrons. The van der Waals surface area contributed by atoms with E-state index in [1.54, 1.807) is 12.1 Å². The Hall–Kier alpha value is -2.15. The molecule has 1 heterocycles. The largest absolute Gasteiger partial charge is 0.381 e. The van der Waals surface area contributed by atoms with E-state index < -0.39 is 0 Å². The Bertz CT molecular complexity index is 556. The van der Waals surface area contributed by atoms with Gasteiger partial charge in [0.25, 0.3) is 5.69 Å². The SMILES string of the molecule is CCNC(=NCc1cccc([N+](=O)[O-])c1)N(C)CC1CCOC1. The van der Waals surface area contributed by atoms with Gasteiger partial charge in [0.2, 0.25) is 0 Å². The molecule has 0 aromatic heterocycles. The van der Waals surface area contributed by atoms with Gasteiger partial charge in [-0.1, -0.05) is 12.1 Å². The van der Waals surface area contributed by atoms with Crippen molar-refractivity contribution in [3.8, 4) is 0 Å². The molecule has 1 aromatic rings. The van der Waals surface area contributed by atoms with Crippen molar-refractivity contribution in [1.29, 1.82) is 0 Å². The van der Waals surface area contributed by atoms with E-state index in [-0.39, 0.29) is 10.6 Å². The van der Waals surface area contributed by atoms with Gasteiger partial charge in [0.1, 0.15) is 0 Å². The zero-order valence-electron chi connectivity index (χ0n) is 13.7. The summed E-state index contributed by atoms with van der Waals surface area (Å²) in [6, 6.07) is 6.60. The van der Waals surface area contributed by atoms with Crippen molar-refractivity contribution in [2.75, 3.05) is 33.4 Å². The monoisotopic (exact) mass is 320 g/mol. The maximum Gasteiger partial charge on any atom is 0.269 e. The highest BCUT2D eigenvalue weighted by Gasteiger charge is 2.19. The summed E-state index contributed by atoms with van der Waals surface area (Å²) in [6.07, 6.45) is 1.08.